The van der Waals surface area contributed by atoms with Crippen LogP contribution in [0.2, 0.25) is 0 Å². The number of thiazole rings is 1. The summed E-state index contributed by atoms with van der Waals surface area (Å²) in [5.74, 6) is -0.840. The zero-order valence-electron chi connectivity index (χ0n) is 16.1. The summed E-state index contributed by atoms with van der Waals surface area (Å²) in [6.45, 7) is 3.54. The van der Waals surface area contributed by atoms with Crippen molar-refractivity contribution in [2.24, 2.45) is 5.92 Å². The molecule has 0 aliphatic rings. The van der Waals surface area contributed by atoms with Gasteiger partial charge in [0.2, 0.25) is 5.91 Å². The van der Waals surface area contributed by atoms with Crippen LogP contribution in [-0.2, 0) is 11.0 Å². The van der Waals surface area contributed by atoms with Gasteiger partial charge >= 0.3 is 6.18 Å². The van der Waals surface area contributed by atoms with Crippen molar-refractivity contribution < 1.29 is 22.8 Å². The molecule has 0 atom stereocenters. The molecule has 156 valence electrons. The predicted molar refractivity (Wildman–Crippen MR) is 110 cm³/mol. The highest BCUT2D eigenvalue weighted by Gasteiger charge is 2.30. The largest absolute Gasteiger partial charge is 0.416 e. The molecule has 5 nitrogen and oxygen atoms in total. The summed E-state index contributed by atoms with van der Waals surface area (Å²) in [4.78, 5) is 28.5. The highest BCUT2D eigenvalue weighted by molar-refractivity contribution is 7.13. The molecule has 30 heavy (non-hydrogen) atoms. The molecular weight excluding hydrogens is 415 g/mol. The third kappa shape index (κ3) is 5.24. The summed E-state index contributed by atoms with van der Waals surface area (Å²) in [7, 11) is 0. The molecule has 0 spiro atoms. The van der Waals surface area contributed by atoms with Crippen LogP contribution in [0.4, 0.5) is 24.5 Å². The van der Waals surface area contributed by atoms with E-state index < -0.39 is 17.6 Å². The number of carbonyl (C=O) groups is 2. The van der Waals surface area contributed by atoms with Crippen LogP contribution >= 0.6 is 11.3 Å². The van der Waals surface area contributed by atoms with Gasteiger partial charge in [-0.25, -0.2) is 4.98 Å². The number of anilines is 2. The van der Waals surface area contributed by atoms with Crippen LogP contribution in [0.1, 0.15) is 29.9 Å². The number of nitrogens with zero attached hydrogens (tertiary/aromatic N) is 1. The van der Waals surface area contributed by atoms with Crippen molar-refractivity contribution in [3.05, 3.63) is 65.2 Å². The Kier molecular flexibility index (Phi) is 6.21. The van der Waals surface area contributed by atoms with Crippen molar-refractivity contribution in [1.82, 2.24) is 4.98 Å². The van der Waals surface area contributed by atoms with Gasteiger partial charge in [0, 0.05) is 28.2 Å². The third-order valence-electron chi connectivity index (χ3n) is 4.09. The molecule has 2 amide bonds. The van der Waals surface area contributed by atoms with Crippen molar-refractivity contribution in [2.75, 3.05) is 10.6 Å². The number of amides is 2. The highest BCUT2D eigenvalue weighted by atomic mass is 32.1. The highest BCUT2D eigenvalue weighted by Crippen LogP contribution is 2.33. The Morgan fingerprint density at radius 2 is 1.67 bits per heavy atom. The van der Waals surface area contributed by atoms with E-state index in [1.165, 1.54) is 17.5 Å². The van der Waals surface area contributed by atoms with Gasteiger partial charge in [0.25, 0.3) is 5.91 Å². The normalized spacial score (nSPS) is 11.4. The molecule has 0 radical (unpaired) electrons. The van der Waals surface area contributed by atoms with E-state index in [1.54, 1.807) is 38.1 Å². The average molecular weight is 433 g/mol. The first-order valence-electron chi connectivity index (χ1n) is 8.99. The Balaban J connectivity index is 1.74. The fraction of sp³-hybridized carbons (Fsp3) is 0.190. The summed E-state index contributed by atoms with van der Waals surface area (Å²) in [6.07, 6.45) is -4.45. The van der Waals surface area contributed by atoms with Crippen molar-refractivity contribution in [1.29, 1.82) is 0 Å². The monoisotopic (exact) mass is 433 g/mol. The van der Waals surface area contributed by atoms with E-state index in [1.807, 2.05) is 0 Å². The molecule has 0 aliphatic heterocycles. The van der Waals surface area contributed by atoms with Crippen molar-refractivity contribution >= 4 is 34.5 Å². The molecule has 0 saturated heterocycles. The lowest BCUT2D eigenvalue weighted by Gasteiger charge is -2.09. The summed E-state index contributed by atoms with van der Waals surface area (Å²) < 4.78 is 38.7. The van der Waals surface area contributed by atoms with Crippen molar-refractivity contribution in [3.63, 3.8) is 0 Å². The van der Waals surface area contributed by atoms with Gasteiger partial charge in [-0.2, -0.15) is 13.2 Å². The quantitative estimate of drug-likeness (QED) is 0.544. The second-order valence-electron chi connectivity index (χ2n) is 6.80. The van der Waals surface area contributed by atoms with E-state index in [0.717, 1.165) is 23.5 Å². The Morgan fingerprint density at radius 1 is 1.00 bits per heavy atom. The molecule has 3 rings (SSSR count). The Hall–Kier alpha value is -3.20. The first-order valence-corrected chi connectivity index (χ1v) is 9.87. The second-order valence-corrected chi connectivity index (χ2v) is 7.65. The Bertz CT molecular complexity index is 1080. The van der Waals surface area contributed by atoms with Gasteiger partial charge in [0.15, 0.2) is 0 Å². The van der Waals surface area contributed by atoms with Gasteiger partial charge in [0.05, 0.1) is 5.56 Å². The fourth-order valence-corrected chi connectivity index (χ4v) is 3.29. The van der Waals surface area contributed by atoms with Gasteiger partial charge in [0.1, 0.15) is 10.7 Å². The molecule has 0 saturated carbocycles. The van der Waals surface area contributed by atoms with Gasteiger partial charge in [-0.1, -0.05) is 32.0 Å². The van der Waals surface area contributed by atoms with Crippen LogP contribution in [0.5, 0.6) is 0 Å². The van der Waals surface area contributed by atoms with Gasteiger partial charge in [-0.15, -0.1) is 11.3 Å². The number of halogens is 3. The zero-order valence-corrected chi connectivity index (χ0v) is 16.9. The number of rotatable bonds is 5. The number of benzene rings is 2. The van der Waals surface area contributed by atoms with E-state index >= 15 is 0 Å². The first-order chi connectivity index (χ1) is 14.1. The van der Waals surface area contributed by atoms with Crippen LogP contribution in [0.3, 0.4) is 0 Å². The van der Waals surface area contributed by atoms with E-state index in [4.69, 9.17) is 0 Å². The predicted octanol–water partition coefficient (Wildman–Crippen LogP) is 5.68. The molecule has 0 fully saturated rings. The summed E-state index contributed by atoms with van der Waals surface area (Å²) >= 11 is 1.08. The molecule has 2 aromatic carbocycles. The van der Waals surface area contributed by atoms with E-state index in [0.29, 0.717) is 16.4 Å². The maximum atomic E-state index is 12.9. The summed E-state index contributed by atoms with van der Waals surface area (Å²) in [5.41, 5.74) is 0.586. The number of nitrogens with one attached hydrogen (secondary N) is 2. The lowest BCUT2D eigenvalue weighted by atomic mass is 10.1. The average Bonchev–Trinajstić information content (AvgIpc) is 3.18. The maximum Gasteiger partial charge on any atom is 0.416 e. The molecule has 0 aliphatic carbocycles. The summed E-state index contributed by atoms with van der Waals surface area (Å²) in [5, 5.41) is 7.21. The Labute approximate surface area is 175 Å². The topological polar surface area (TPSA) is 71.1 Å². The van der Waals surface area contributed by atoms with Crippen LogP contribution in [0, 0.1) is 5.92 Å². The summed E-state index contributed by atoms with van der Waals surface area (Å²) in [6, 6.07) is 11.4. The number of alkyl halides is 3. The number of carbonyl (C=O) groups excluding carboxylic acids is 2. The second kappa shape index (κ2) is 8.66. The lowest BCUT2D eigenvalue weighted by molar-refractivity contribution is -0.137. The number of hydrogen-bond acceptors (Lipinski definition) is 4. The molecule has 0 bridgehead atoms. The van der Waals surface area contributed by atoms with Crippen LogP contribution < -0.4 is 10.6 Å². The van der Waals surface area contributed by atoms with E-state index in [-0.39, 0.29) is 23.1 Å². The number of aromatic nitrogens is 1. The zero-order chi connectivity index (χ0) is 21.9. The minimum atomic E-state index is -4.45. The van der Waals surface area contributed by atoms with Crippen LogP contribution in [0.25, 0.3) is 10.6 Å². The van der Waals surface area contributed by atoms with Crippen molar-refractivity contribution in [2.45, 2.75) is 20.0 Å². The smallest absolute Gasteiger partial charge is 0.326 e. The maximum absolute atomic E-state index is 12.9. The molecule has 9 heteroatoms. The minimum Gasteiger partial charge on any atom is -0.326 e. The number of hydrogen-bond donors (Lipinski definition) is 2. The fourth-order valence-electron chi connectivity index (χ4n) is 2.50. The molecule has 1 aromatic heterocycles. The lowest BCUT2D eigenvalue weighted by Crippen LogP contribution is -2.18. The molecule has 3 aromatic rings. The van der Waals surface area contributed by atoms with Crippen LogP contribution in [0.15, 0.2) is 53.9 Å². The molecular formula is C21H18F3N3O2S. The van der Waals surface area contributed by atoms with Crippen molar-refractivity contribution in [3.8, 4) is 10.6 Å². The standard InChI is InChI=1S/C21H18F3N3O2S/c1-12(2)18(28)25-15-7-4-8-16(10-15)26-19(29)17-11-30-20(27-17)13-5-3-6-14(9-13)21(22,23)24/h3-12H,1-2H3,(H,25,28)(H,26,29). The third-order valence-corrected chi connectivity index (χ3v) is 4.98. The van der Waals surface area contributed by atoms with Crippen LogP contribution in [-0.4, -0.2) is 16.8 Å². The molecule has 1 heterocycles. The Morgan fingerprint density at radius 3 is 2.33 bits per heavy atom. The first kappa shape index (κ1) is 21.5. The van der Waals surface area contributed by atoms with Gasteiger partial charge in [-0.05, 0) is 30.3 Å². The SMILES string of the molecule is CC(C)C(=O)Nc1cccc(NC(=O)c2csc(-c3cccc(C(F)(F)F)c3)n2)c1. The minimum absolute atomic E-state index is 0.0871. The van der Waals surface area contributed by atoms with E-state index in [9.17, 15) is 22.8 Å². The van der Waals surface area contributed by atoms with Gasteiger partial charge in [-0.3, -0.25) is 9.59 Å². The van der Waals surface area contributed by atoms with Gasteiger partial charge < -0.3 is 10.6 Å². The molecule has 2 N–H and O–H groups in total. The van der Waals surface area contributed by atoms with E-state index in [2.05, 4.69) is 15.6 Å². The molecule has 0 unspecified atom stereocenters.